The average molecular weight is 481 g/mol. The second-order valence-corrected chi connectivity index (χ2v) is 8.90. The number of methoxy groups -OCH3 is 1. The summed E-state index contributed by atoms with van der Waals surface area (Å²) in [5.74, 6) is 0.832. The first-order chi connectivity index (χ1) is 17.1. The van der Waals surface area contributed by atoms with Gasteiger partial charge in [0, 0.05) is 52.5 Å². The van der Waals surface area contributed by atoms with Crippen LogP contribution in [0.25, 0.3) is 0 Å². The second-order valence-electron chi connectivity index (χ2n) is 8.90. The fraction of sp³-hybridized carbons (Fsp3) is 0.444. The molecule has 0 atom stereocenters. The van der Waals surface area contributed by atoms with Crippen molar-refractivity contribution in [2.45, 2.75) is 19.7 Å². The van der Waals surface area contributed by atoms with E-state index in [0.717, 1.165) is 55.5 Å². The quantitative estimate of drug-likeness (QED) is 0.363. The number of oxazole rings is 1. The Morgan fingerprint density at radius 1 is 1.00 bits per heavy atom. The number of benzene rings is 2. The third-order valence-electron chi connectivity index (χ3n) is 6.02. The Morgan fingerprint density at radius 2 is 1.74 bits per heavy atom. The molecule has 0 N–H and O–H groups in total. The van der Waals surface area contributed by atoms with E-state index in [9.17, 15) is 0 Å². The maximum Gasteiger partial charge on any atom is 0.298 e. The van der Waals surface area contributed by atoms with Crippen LogP contribution in [0.15, 0.2) is 59.2 Å². The number of hydrogen-bond donors (Lipinski definition) is 0. The first kappa shape index (κ1) is 25.0. The maximum absolute atomic E-state index is 5.92. The van der Waals surface area contributed by atoms with Crippen molar-refractivity contribution < 1.29 is 18.6 Å². The molecule has 2 heterocycles. The van der Waals surface area contributed by atoms with Gasteiger partial charge >= 0.3 is 0 Å². The van der Waals surface area contributed by atoms with Crippen molar-refractivity contribution in [2.75, 3.05) is 70.5 Å². The van der Waals surface area contributed by atoms with E-state index in [2.05, 4.69) is 45.0 Å². The predicted molar refractivity (Wildman–Crippen MR) is 137 cm³/mol. The van der Waals surface area contributed by atoms with Crippen molar-refractivity contribution in [3.05, 3.63) is 71.6 Å². The van der Waals surface area contributed by atoms with Crippen LogP contribution in [0, 0.1) is 0 Å². The molecule has 1 saturated heterocycles. The van der Waals surface area contributed by atoms with E-state index in [4.69, 9.17) is 23.6 Å². The molecule has 1 aromatic heterocycles. The van der Waals surface area contributed by atoms with Crippen LogP contribution in [0.2, 0.25) is 0 Å². The lowest BCUT2D eigenvalue weighted by Crippen LogP contribution is -2.38. The van der Waals surface area contributed by atoms with E-state index >= 15 is 0 Å². The molecule has 0 radical (unpaired) electrons. The fourth-order valence-electron chi connectivity index (χ4n) is 4.04. The van der Waals surface area contributed by atoms with Gasteiger partial charge in [-0.1, -0.05) is 24.3 Å². The lowest BCUT2D eigenvalue weighted by atomic mass is 10.1. The topological polar surface area (TPSA) is 63.4 Å². The molecule has 35 heavy (non-hydrogen) atoms. The molecular formula is C27H36N4O4. The molecule has 0 saturated carbocycles. The Kier molecular flexibility index (Phi) is 9.00. The molecular weight excluding hydrogens is 444 g/mol. The smallest absolute Gasteiger partial charge is 0.298 e. The SMILES string of the molecule is COc1cccc(CN(Cc2cccc(N(C)C)c2)c2nc(COCCN3CCOCC3)co2)c1. The fourth-order valence-corrected chi connectivity index (χ4v) is 4.04. The summed E-state index contributed by atoms with van der Waals surface area (Å²) < 4.78 is 22.6. The summed E-state index contributed by atoms with van der Waals surface area (Å²) >= 11 is 0. The van der Waals surface area contributed by atoms with Gasteiger partial charge in [-0.3, -0.25) is 4.90 Å². The van der Waals surface area contributed by atoms with Crippen LogP contribution >= 0.6 is 0 Å². The molecule has 2 aromatic carbocycles. The zero-order valence-corrected chi connectivity index (χ0v) is 21.0. The van der Waals surface area contributed by atoms with Crippen molar-refractivity contribution in [2.24, 2.45) is 0 Å². The van der Waals surface area contributed by atoms with Gasteiger partial charge in [0.1, 0.15) is 17.7 Å². The summed E-state index contributed by atoms with van der Waals surface area (Å²) in [6, 6.07) is 17.2. The van der Waals surface area contributed by atoms with E-state index in [1.807, 2.05) is 32.3 Å². The summed E-state index contributed by atoms with van der Waals surface area (Å²) in [5.41, 5.74) is 4.25. The molecule has 0 spiro atoms. The van der Waals surface area contributed by atoms with Crippen LogP contribution in [-0.4, -0.2) is 70.5 Å². The Balaban J connectivity index is 1.43. The second kappa shape index (κ2) is 12.6. The Bertz CT molecular complexity index is 1050. The Hall–Kier alpha value is -3.07. The van der Waals surface area contributed by atoms with Gasteiger partial charge in [-0.15, -0.1) is 0 Å². The summed E-state index contributed by atoms with van der Waals surface area (Å²) in [7, 11) is 5.78. The number of aromatic nitrogens is 1. The van der Waals surface area contributed by atoms with E-state index in [-0.39, 0.29) is 0 Å². The largest absolute Gasteiger partial charge is 0.497 e. The van der Waals surface area contributed by atoms with Gasteiger partial charge in [0.05, 0.1) is 33.5 Å². The van der Waals surface area contributed by atoms with E-state index < -0.39 is 0 Å². The molecule has 0 amide bonds. The first-order valence-electron chi connectivity index (χ1n) is 12.1. The van der Waals surface area contributed by atoms with Gasteiger partial charge in [0.15, 0.2) is 0 Å². The summed E-state index contributed by atoms with van der Waals surface area (Å²) in [6.45, 7) is 6.82. The van der Waals surface area contributed by atoms with Gasteiger partial charge in [0.2, 0.25) is 0 Å². The number of hydrogen-bond acceptors (Lipinski definition) is 8. The highest BCUT2D eigenvalue weighted by molar-refractivity contribution is 5.48. The minimum Gasteiger partial charge on any atom is -0.497 e. The van der Waals surface area contributed by atoms with Crippen LogP contribution in [0.1, 0.15) is 16.8 Å². The third kappa shape index (κ3) is 7.45. The minimum atomic E-state index is 0.428. The Labute approximate surface area is 208 Å². The molecule has 0 aliphatic carbocycles. The molecule has 8 heteroatoms. The normalized spacial score (nSPS) is 14.1. The van der Waals surface area contributed by atoms with Crippen molar-refractivity contribution >= 4 is 11.7 Å². The zero-order valence-electron chi connectivity index (χ0n) is 21.0. The lowest BCUT2D eigenvalue weighted by Gasteiger charge is -2.26. The molecule has 8 nitrogen and oxygen atoms in total. The maximum atomic E-state index is 5.92. The monoisotopic (exact) mass is 480 g/mol. The van der Waals surface area contributed by atoms with Gasteiger partial charge in [-0.25, -0.2) is 0 Å². The molecule has 1 aliphatic heterocycles. The molecule has 0 bridgehead atoms. The van der Waals surface area contributed by atoms with Gasteiger partial charge in [-0.2, -0.15) is 4.98 Å². The lowest BCUT2D eigenvalue weighted by molar-refractivity contribution is 0.0177. The molecule has 4 rings (SSSR count). The number of rotatable bonds is 12. The molecule has 1 fully saturated rings. The van der Waals surface area contributed by atoms with Crippen molar-refractivity contribution in [1.82, 2.24) is 9.88 Å². The van der Waals surface area contributed by atoms with Crippen molar-refractivity contribution in [3.63, 3.8) is 0 Å². The third-order valence-corrected chi connectivity index (χ3v) is 6.02. The van der Waals surface area contributed by atoms with Crippen LogP contribution in [0.5, 0.6) is 5.75 Å². The predicted octanol–water partition coefficient (Wildman–Crippen LogP) is 3.80. The highest BCUT2D eigenvalue weighted by Crippen LogP contribution is 2.23. The zero-order chi connectivity index (χ0) is 24.5. The van der Waals surface area contributed by atoms with Crippen LogP contribution in [-0.2, 0) is 29.2 Å². The highest BCUT2D eigenvalue weighted by atomic mass is 16.5. The van der Waals surface area contributed by atoms with Crippen LogP contribution in [0.4, 0.5) is 11.7 Å². The summed E-state index contributed by atoms with van der Waals surface area (Å²) in [4.78, 5) is 11.3. The summed E-state index contributed by atoms with van der Waals surface area (Å²) in [6.07, 6.45) is 1.69. The van der Waals surface area contributed by atoms with Gasteiger partial charge < -0.3 is 28.4 Å². The molecule has 1 aliphatic rings. The van der Waals surface area contributed by atoms with Crippen molar-refractivity contribution in [3.8, 4) is 5.75 Å². The average Bonchev–Trinajstić information content (AvgIpc) is 3.36. The Morgan fingerprint density at radius 3 is 2.49 bits per heavy atom. The number of nitrogens with zero attached hydrogens (tertiary/aromatic N) is 4. The number of ether oxygens (including phenoxy) is 3. The minimum absolute atomic E-state index is 0.428. The molecule has 0 unspecified atom stereocenters. The van der Waals surface area contributed by atoms with E-state index in [0.29, 0.717) is 32.3 Å². The van der Waals surface area contributed by atoms with Gasteiger partial charge in [-0.05, 0) is 35.4 Å². The van der Waals surface area contributed by atoms with Crippen molar-refractivity contribution in [1.29, 1.82) is 0 Å². The molecule has 3 aromatic rings. The first-order valence-corrected chi connectivity index (χ1v) is 12.1. The standard InChI is InChI=1S/C27H36N4O4/c1-29(2)25-8-4-6-22(16-25)18-31(19-23-7-5-9-26(17-23)32-3)27-28-24(21-35-27)20-34-15-12-30-10-13-33-14-11-30/h4-9,16-17,21H,10-15,18-20H2,1-3H3. The van der Waals surface area contributed by atoms with Crippen LogP contribution < -0.4 is 14.5 Å². The van der Waals surface area contributed by atoms with Crippen LogP contribution in [0.3, 0.4) is 0 Å². The summed E-state index contributed by atoms with van der Waals surface area (Å²) in [5, 5.41) is 0. The highest BCUT2D eigenvalue weighted by Gasteiger charge is 2.16. The molecule has 188 valence electrons. The number of morpholine rings is 1. The van der Waals surface area contributed by atoms with Gasteiger partial charge in [0.25, 0.3) is 6.01 Å². The number of anilines is 2. The van der Waals surface area contributed by atoms with E-state index in [1.165, 1.54) is 5.56 Å². The van der Waals surface area contributed by atoms with E-state index in [1.54, 1.807) is 13.4 Å².